The Morgan fingerprint density at radius 1 is 1.26 bits per heavy atom. The number of carbonyl (C=O) groups is 1. The number of rotatable bonds is 9. The lowest BCUT2D eigenvalue weighted by molar-refractivity contribution is -0.121. The molecule has 0 radical (unpaired) electrons. The van der Waals surface area contributed by atoms with E-state index < -0.39 is 10.0 Å². The lowest BCUT2D eigenvalue weighted by atomic mass is 9.93. The maximum atomic E-state index is 11.6. The van der Waals surface area contributed by atoms with Crippen LogP contribution in [0.1, 0.15) is 39.5 Å². The summed E-state index contributed by atoms with van der Waals surface area (Å²) < 4.78 is 24.7. The molecule has 0 bridgehead atoms. The highest BCUT2D eigenvalue weighted by molar-refractivity contribution is 14.0. The van der Waals surface area contributed by atoms with Gasteiger partial charge in [-0.3, -0.25) is 9.79 Å². The van der Waals surface area contributed by atoms with Crippen molar-refractivity contribution in [2.75, 3.05) is 52.6 Å². The summed E-state index contributed by atoms with van der Waals surface area (Å²) in [7, 11) is -1.46. The van der Waals surface area contributed by atoms with E-state index in [-0.39, 0.29) is 29.9 Å². The van der Waals surface area contributed by atoms with Crippen molar-refractivity contribution >= 4 is 45.9 Å². The average molecular weight is 517 g/mol. The Balaban J connectivity index is 0.00000676. The predicted octanol–water partition coefficient (Wildman–Crippen LogP) is 1.09. The van der Waals surface area contributed by atoms with Crippen LogP contribution in [0.4, 0.5) is 0 Å². The van der Waals surface area contributed by atoms with Crippen LogP contribution in [0, 0.1) is 5.92 Å². The molecule has 0 aliphatic carbocycles. The number of amides is 1. The number of likely N-dealkylation sites (tertiary alicyclic amines) is 1. The van der Waals surface area contributed by atoms with Gasteiger partial charge in [0.15, 0.2) is 5.96 Å². The average Bonchev–Trinajstić information content (AvgIpc) is 2.60. The molecule has 0 unspecified atom stereocenters. The molecule has 1 rings (SSSR count). The van der Waals surface area contributed by atoms with Crippen LogP contribution in [0.25, 0.3) is 0 Å². The van der Waals surface area contributed by atoms with E-state index in [0.717, 1.165) is 38.4 Å². The first-order valence-corrected chi connectivity index (χ1v) is 11.4. The Hall–Kier alpha value is -0.620. The molecule has 1 fully saturated rings. The smallest absolute Gasteiger partial charge is 0.220 e. The second-order valence-corrected chi connectivity index (χ2v) is 8.63. The molecule has 0 saturated carbocycles. The summed E-state index contributed by atoms with van der Waals surface area (Å²) in [6, 6.07) is 0. The van der Waals surface area contributed by atoms with Crippen molar-refractivity contribution in [3.05, 3.63) is 0 Å². The van der Waals surface area contributed by atoms with Crippen molar-refractivity contribution in [2.24, 2.45) is 10.9 Å². The molecule has 0 atom stereocenters. The number of nitrogens with zero attached hydrogens (tertiary/aromatic N) is 3. The molecule has 1 saturated heterocycles. The standard InChI is InChI=1S/C17H35N5O3S.HI/c1-5-19-17(20-10-7-11-22(6-2)26(4,24)25)21-12-8-15(9-13-21)14-16(23)18-3;/h15H,5-14H2,1-4H3,(H,18,23)(H,19,20);1H. The van der Waals surface area contributed by atoms with E-state index in [0.29, 0.717) is 38.4 Å². The van der Waals surface area contributed by atoms with Gasteiger partial charge in [0.2, 0.25) is 15.9 Å². The van der Waals surface area contributed by atoms with Gasteiger partial charge in [-0.25, -0.2) is 12.7 Å². The van der Waals surface area contributed by atoms with Gasteiger partial charge in [-0.05, 0) is 32.1 Å². The third kappa shape index (κ3) is 9.93. The van der Waals surface area contributed by atoms with Gasteiger partial charge in [-0.2, -0.15) is 0 Å². The molecule has 10 heteroatoms. The zero-order valence-corrected chi connectivity index (χ0v) is 20.2. The van der Waals surface area contributed by atoms with Gasteiger partial charge in [-0.1, -0.05) is 6.92 Å². The number of halogens is 1. The van der Waals surface area contributed by atoms with Crippen LogP contribution < -0.4 is 10.6 Å². The van der Waals surface area contributed by atoms with Gasteiger partial charge >= 0.3 is 0 Å². The third-order valence-electron chi connectivity index (χ3n) is 4.65. The number of carbonyl (C=O) groups excluding carboxylic acids is 1. The van der Waals surface area contributed by atoms with Gasteiger partial charge in [0, 0.05) is 52.7 Å². The summed E-state index contributed by atoms with van der Waals surface area (Å²) in [4.78, 5) is 18.4. The van der Waals surface area contributed by atoms with E-state index in [2.05, 4.69) is 20.5 Å². The minimum atomic E-state index is -3.14. The normalized spacial score (nSPS) is 16.2. The van der Waals surface area contributed by atoms with Gasteiger partial charge in [0.25, 0.3) is 0 Å². The fraction of sp³-hybridized carbons (Fsp3) is 0.882. The molecule has 0 spiro atoms. The van der Waals surface area contributed by atoms with Crippen LogP contribution in [-0.2, 0) is 14.8 Å². The molecule has 0 aromatic heterocycles. The van der Waals surface area contributed by atoms with Crippen molar-refractivity contribution in [3.63, 3.8) is 0 Å². The molecule has 1 aliphatic rings. The summed E-state index contributed by atoms with van der Waals surface area (Å²) in [6.45, 7) is 8.02. The SMILES string of the molecule is CCNC(=NCCCN(CC)S(C)(=O)=O)N1CCC(CC(=O)NC)CC1.I. The highest BCUT2D eigenvalue weighted by atomic mass is 127. The Labute approximate surface area is 181 Å². The molecular formula is C17H36IN5O3S. The quantitative estimate of drug-likeness (QED) is 0.207. The Morgan fingerprint density at radius 3 is 2.37 bits per heavy atom. The molecule has 1 heterocycles. The number of aliphatic imine (C=N–C) groups is 1. The second-order valence-electron chi connectivity index (χ2n) is 6.65. The second kappa shape index (κ2) is 13.5. The Morgan fingerprint density at radius 2 is 1.89 bits per heavy atom. The van der Waals surface area contributed by atoms with Crippen LogP contribution in [-0.4, -0.2) is 82.1 Å². The number of hydrogen-bond acceptors (Lipinski definition) is 4. The molecule has 160 valence electrons. The summed E-state index contributed by atoms with van der Waals surface area (Å²) in [6.07, 6.45) is 4.50. The van der Waals surface area contributed by atoms with Crippen molar-refractivity contribution in [3.8, 4) is 0 Å². The summed E-state index contributed by atoms with van der Waals surface area (Å²) in [5.74, 6) is 1.42. The number of hydrogen-bond donors (Lipinski definition) is 2. The molecule has 0 aromatic rings. The van der Waals surface area contributed by atoms with Gasteiger partial charge in [0.1, 0.15) is 0 Å². The van der Waals surface area contributed by atoms with Crippen LogP contribution >= 0.6 is 24.0 Å². The first kappa shape index (κ1) is 26.4. The Bertz CT molecular complexity index is 563. The van der Waals surface area contributed by atoms with E-state index in [1.807, 2.05) is 13.8 Å². The highest BCUT2D eigenvalue weighted by Gasteiger charge is 2.23. The lowest BCUT2D eigenvalue weighted by Gasteiger charge is -2.34. The number of sulfonamides is 1. The molecule has 27 heavy (non-hydrogen) atoms. The molecule has 8 nitrogen and oxygen atoms in total. The fourth-order valence-electron chi connectivity index (χ4n) is 3.13. The molecule has 2 N–H and O–H groups in total. The van der Waals surface area contributed by atoms with Crippen LogP contribution in [0.3, 0.4) is 0 Å². The zero-order chi connectivity index (χ0) is 19.6. The van der Waals surface area contributed by atoms with E-state index in [4.69, 9.17) is 0 Å². The third-order valence-corrected chi connectivity index (χ3v) is 6.03. The predicted molar refractivity (Wildman–Crippen MR) is 121 cm³/mol. The zero-order valence-electron chi connectivity index (χ0n) is 17.0. The number of guanidine groups is 1. The van der Waals surface area contributed by atoms with Crippen LogP contribution in [0.2, 0.25) is 0 Å². The van der Waals surface area contributed by atoms with Crippen LogP contribution in [0.5, 0.6) is 0 Å². The summed E-state index contributed by atoms with van der Waals surface area (Å²) in [5.41, 5.74) is 0. The number of piperidine rings is 1. The van der Waals surface area contributed by atoms with E-state index in [9.17, 15) is 13.2 Å². The van der Waals surface area contributed by atoms with Crippen molar-refractivity contribution in [1.82, 2.24) is 19.8 Å². The number of nitrogens with one attached hydrogen (secondary N) is 2. The molecular weight excluding hydrogens is 481 g/mol. The first-order valence-electron chi connectivity index (χ1n) is 9.50. The van der Waals surface area contributed by atoms with Gasteiger partial charge in [0.05, 0.1) is 6.26 Å². The fourth-order valence-corrected chi connectivity index (χ4v) is 4.06. The molecule has 1 amide bonds. The minimum absolute atomic E-state index is 0. The van der Waals surface area contributed by atoms with E-state index in [1.165, 1.54) is 10.6 Å². The molecule has 1 aliphatic heterocycles. The summed E-state index contributed by atoms with van der Waals surface area (Å²) >= 11 is 0. The van der Waals surface area contributed by atoms with Crippen molar-refractivity contribution in [1.29, 1.82) is 0 Å². The van der Waals surface area contributed by atoms with E-state index in [1.54, 1.807) is 7.05 Å². The lowest BCUT2D eigenvalue weighted by Crippen LogP contribution is -2.46. The largest absolute Gasteiger partial charge is 0.359 e. The van der Waals surface area contributed by atoms with Gasteiger partial charge < -0.3 is 15.5 Å². The Kier molecular flexibility index (Phi) is 13.2. The van der Waals surface area contributed by atoms with E-state index >= 15 is 0 Å². The highest BCUT2D eigenvalue weighted by Crippen LogP contribution is 2.20. The van der Waals surface area contributed by atoms with Crippen molar-refractivity contribution < 1.29 is 13.2 Å². The van der Waals surface area contributed by atoms with Gasteiger partial charge in [-0.15, -0.1) is 24.0 Å². The first-order chi connectivity index (χ1) is 12.3. The molecule has 0 aromatic carbocycles. The topological polar surface area (TPSA) is 94.1 Å². The summed E-state index contributed by atoms with van der Waals surface area (Å²) in [5, 5.41) is 6.01. The maximum absolute atomic E-state index is 11.6. The maximum Gasteiger partial charge on any atom is 0.220 e. The monoisotopic (exact) mass is 517 g/mol. The van der Waals surface area contributed by atoms with Crippen LogP contribution in [0.15, 0.2) is 4.99 Å². The van der Waals surface area contributed by atoms with Crippen molar-refractivity contribution in [2.45, 2.75) is 39.5 Å². The minimum Gasteiger partial charge on any atom is -0.359 e.